The molecule has 0 unspecified atom stereocenters. The lowest BCUT2D eigenvalue weighted by atomic mass is 9.79. The number of piperidine rings is 1. The number of aromatic nitrogens is 2. The van der Waals surface area contributed by atoms with E-state index in [1.54, 1.807) is 6.20 Å². The summed E-state index contributed by atoms with van der Waals surface area (Å²) in [5, 5.41) is 7.95. The molecule has 0 radical (unpaired) electrons. The third-order valence-corrected chi connectivity index (χ3v) is 4.91. The number of hydrogen-bond donors (Lipinski definition) is 1. The quantitative estimate of drug-likeness (QED) is 0.870. The Morgan fingerprint density at radius 1 is 1.33 bits per heavy atom. The van der Waals surface area contributed by atoms with Crippen LogP contribution in [0.5, 0.6) is 0 Å². The molecule has 2 saturated heterocycles. The van der Waals surface area contributed by atoms with E-state index < -0.39 is 0 Å². The molecule has 0 atom stereocenters. The highest BCUT2D eigenvalue weighted by atomic mass is 16.2. The summed E-state index contributed by atoms with van der Waals surface area (Å²) in [5.41, 5.74) is 1.83. The second-order valence-corrected chi connectivity index (χ2v) is 6.48. The summed E-state index contributed by atoms with van der Waals surface area (Å²) < 4.78 is 0. The van der Waals surface area contributed by atoms with Gasteiger partial charge in [0.2, 0.25) is 0 Å². The van der Waals surface area contributed by atoms with Crippen molar-refractivity contribution in [3.05, 3.63) is 30.0 Å². The van der Waals surface area contributed by atoms with Crippen molar-refractivity contribution in [3.8, 4) is 0 Å². The molecule has 110 valence electrons. The van der Waals surface area contributed by atoms with Gasteiger partial charge in [0.15, 0.2) is 0 Å². The van der Waals surface area contributed by atoms with E-state index in [-0.39, 0.29) is 11.4 Å². The van der Waals surface area contributed by atoms with Gasteiger partial charge < -0.3 is 9.80 Å². The van der Waals surface area contributed by atoms with Crippen LogP contribution in [-0.2, 0) is 0 Å². The standard InChI is InChI=1S/C16H20N4O/c1-19-10-16(11-19)6-2-3-7-20(16)15(21)12-4-5-14-13(8-12)9-17-18-14/h4-5,8-9H,2-3,6-7,10-11H2,1H3,(H,17,18). The van der Waals surface area contributed by atoms with Gasteiger partial charge in [-0.25, -0.2) is 0 Å². The smallest absolute Gasteiger partial charge is 0.254 e. The van der Waals surface area contributed by atoms with Crippen LogP contribution in [-0.4, -0.2) is 58.1 Å². The fraction of sp³-hybridized carbons (Fsp3) is 0.500. The van der Waals surface area contributed by atoms with E-state index in [4.69, 9.17) is 0 Å². The maximum Gasteiger partial charge on any atom is 0.254 e. The number of amides is 1. The first-order valence-electron chi connectivity index (χ1n) is 7.62. The molecule has 21 heavy (non-hydrogen) atoms. The molecule has 4 rings (SSSR count). The van der Waals surface area contributed by atoms with E-state index in [2.05, 4.69) is 27.0 Å². The highest BCUT2D eigenvalue weighted by molar-refractivity contribution is 5.98. The van der Waals surface area contributed by atoms with Crippen LogP contribution in [0.2, 0.25) is 0 Å². The van der Waals surface area contributed by atoms with Crippen molar-refractivity contribution in [2.45, 2.75) is 24.8 Å². The summed E-state index contributed by atoms with van der Waals surface area (Å²) in [5.74, 6) is 0.172. The lowest BCUT2D eigenvalue weighted by molar-refractivity contribution is -0.0489. The van der Waals surface area contributed by atoms with Crippen molar-refractivity contribution in [1.29, 1.82) is 0 Å². The Kier molecular flexibility index (Phi) is 2.79. The molecule has 0 saturated carbocycles. The Morgan fingerprint density at radius 3 is 3.00 bits per heavy atom. The van der Waals surface area contributed by atoms with Gasteiger partial charge in [-0.3, -0.25) is 9.89 Å². The van der Waals surface area contributed by atoms with E-state index in [1.807, 2.05) is 18.2 Å². The van der Waals surface area contributed by atoms with Crippen molar-refractivity contribution < 1.29 is 4.79 Å². The van der Waals surface area contributed by atoms with Crippen LogP contribution in [0.25, 0.3) is 10.9 Å². The van der Waals surface area contributed by atoms with E-state index in [1.165, 1.54) is 6.42 Å². The molecule has 0 aliphatic carbocycles. The molecular weight excluding hydrogens is 264 g/mol. The maximum atomic E-state index is 13.0. The van der Waals surface area contributed by atoms with E-state index in [0.717, 1.165) is 48.9 Å². The zero-order valence-electron chi connectivity index (χ0n) is 12.3. The molecule has 2 aliphatic heterocycles. The largest absolute Gasteiger partial charge is 0.330 e. The zero-order valence-corrected chi connectivity index (χ0v) is 12.3. The van der Waals surface area contributed by atoms with Crippen molar-refractivity contribution in [3.63, 3.8) is 0 Å². The molecular formula is C16H20N4O. The fourth-order valence-electron chi connectivity index (χ4n) is 3.93. The molecule has 3 heterocycles. The molecule has 0 bridgehead atoms. The van der Waals surface area contributed by atoms with Gasteiger partial charge in [-0.1, -0.05) is 0 Å². The van der Waals surface area contributed by atoms with Gasteiger partial charge in [0.25, 0.3) is 5.91 Å². The minimum absolute atomic E-state index is 0.0788. The third kappa shape index (κ3) is 1.95. The first kappa shape index (κ1) is 12.8. The van der Waals surface area contributed by atoms with Gasteiger partial charge >= 0.3 is 0 Å². The first-order valence-corrected chi connectivity index (χ1v) is 7.62. The molecule has 1 N–H and O–H groups in total. The molecule has 2 aromatic rings. The SMILES string of the molecule is CN1CC2(CCCCN2C(=O)c2ccc3[nH]ncc3c2)C1. The number of aromatic amines is 1. The van der Waals surface area contributed by atoms with Crippen LogP contribution in [0, 0.1) is 0 Å². The molecule has 5 heteroatoms. The van der Waals surface area contributed by atoms with Crippen LogP contribution in [0.15, 0.2) is 24.4 Å². The lowest BCUT2D eigenvalue weighted by Gasteiger charge is -2.57. The Hall–Kier alpha value is -1.88. The van der Waals surface area contributed by atoms with Crippen molar-refractivity contribution in [2.24, 2.45) is 0 Å². The maximum absolute atomic E-state index is 13.0. The summed E-state index contributed by atoms with van der Waals surface area (Å²) in [4.78, 5) is 17.4. The normalized spacial score (nSPS) is 21.7. The van der Waals surface area contributed by atoms with Gasteiger partial charge in [-0.2, -0.15) is 5.10 Å². The van der Waals surface area contributed by atoms with E-state index in [0.29, 0.717) is 0 Å². The second-order valence-electron chi connectivity index (χ2n) is 6.48. The van der Waals surface area contributed by atoms with Gasteiger partial charge in [0.1, 0.15) is 0 Å². The van der Waals surface area contributed by atoms with Gasteiger partial charge in [0.05, 0.1) is 17.3 Å². The number of fused-ring (bicyclic) bond motifs is 1. The van der Waals surface area contributed by atoms with Crippen molar-refractivity contribution in [2.75, 3.05) is 26.7 Å². The van der Waals surface area contributed by atoms with E-state index in [9.17, 15) is 4.79 Å². The number of H-pyrrole nitrogens is 1. The van der Waals surface area contributed by atoms with Crippen molar-refractivity contribution >= 4 is 16.8 Å². The summed E-state index contributed by atoms with van der Waals surface area (Å²) in [6, 6.07) is 5.80. The molecule has 1 amide bonds. The molecule has 1 spiro atoms. The lowest BCUT2D eigenvalue weighted by Crippen LogP contribution is -2.71. The molecule has 5 nitrogen and oxygen atoms in total. The molecule has 2 aliphatic rings. The number of carbonyl (C=O) groups excluding carboxylic acids is 1. The van der Waals surface area contributed by atoms with Gasteiger partial charge in [0, 0.05) is 30.6 Å². The minimum Gasteiger partial charge on any atom is -0.330 e. The topological polar surface area (TPSA) is 52.2 Å². The summed E-state index contributed by atoms with van der Waals surface area (Å²) in [6.45, 7) is 2.90. The van der Waals surface area contributed by atoms with Crippen LogP contribution in [0.4, 0.5) is 0 Å². The number of likely N-dealkylation sites (tertiary alicyclic amines) is 2. The number of likely N-dealkylation sites (N-methyl/N-ethyl adjacent to an activating group) is 1. The van der Waals surface area contributed by atoms with Crippen LogP contribution in [0.1, 0.15) is 29.6 Å². The predicted octanol–water partition coefficient (Wildman–Crippen LogP) is 1.87. The first-order chi connectivity index (χ1) is 10.2. The Morgan fingerprint density at radius 2 is 2.19 bits per heavy atom. The fourth-order valence-corrected chi connectivity index (χ4v) is 3.93. The highest BCUT2D eigenvalue weighted by Crippen LogP contribution is 2.36. The summed E-state index contributed by atoms with van der Waals surface area (Å²) in [7, 11) is 2.13. The highest BCUT2D eigenvalue weighted by Gasteiger charge is 2.49. The van der Waals surface area contributed by atoms with Crippen LogP contribution < -0.4 is 0 Å². The monoisotopic (exact) mass is 284 g/mol. The number of nitrogens with zero attached hydrogens (tertiary/aromatic N) is 3. The van der Waals surface area contributed by atoms with E-state index >= 15 is 0 Å². The number of benzene rings is 1. The molecule has 1 aromatic heterocycles. The van der Waals surface area contributed by atoms with Gasteiger partial charge in [-0.15, -0.1) is 0 Å². The van der Waals surface area contributed by atoms with Crippen molar-refractivity contribution in [1.82, 2.24) is 20.0 Å². The number of carbonyl (C=O) groups is 1. The molecule has 1 aromatic carbocycles. The summed E-state index contributed by atoms with van der Waals surface area (Å²) in [6.07, 6.45) is 5.26. The minimum atomic E-state index is 0.0788. The van der Waals surface area contributed by atoms with Crippen LogP contribution in [0.3, 0.4) is 0 Å². The Bertz CT molecular complexity index is 681. The number of rotatable bonds is 1. The average Bonchev–Trinajstić information content (AvgIpc) is 2.93. The van der Waals surface area contributed by atoms with Gasteiger partial charge in [-0.05, 0) is 44.5 Å². The summed E-state index contributed by atoms with van der Waals surface area (Å²) >= 11 is 0. The number of hydrogen-bond acceptors (Lipinski definition) is 3. The second kappa shape index (κ2) is 4.56. The average molecular weight is 284 g/mol. The predicted molar refractivity (Wildman–Crippen MR) is 81.2 cm³/mol. The zero-order chi connectivity index (χ0) is 14.4. The third-order valence-electron chi connectivity index (χ3n) is 4.91. The Balaban J connectivity index is 1.66. The van der Waals surface area contributed by atoms with Crippen LogP contribution >= 0.6 is 0 Å². The molecule has 2 fully saturated rings. The number of nitrogens with one attached hydrogen (secondary N) is 1. The Labute approximate surface area is 123 Å².